The first kappa shape index (κ1) is 12.8. The van der Waals surface area contributed by atoms with Crippen molar-refractivity contribution in [3.05, 3.63) is 28.2 Å². The predicted octanol–water partition coefficient (Wildman–Crippen LogP) is 1.06. The fraction of sp³-hybridized carbons (Fsp3) is 0.538. The summed E-state index contributed by atoms with van der Waals surface area (Å²) in [5, 5.41) is 2.85. The molecule has 0 spiro atoms. The molecule has 1 amide bonds. The maximum absolute atomic E-state index is 11.9. The van der Waals surface area contributed by atoms with Gasteiger partial charge < -0.3 is 14.6 Å². The number of anilines is 1. The van der Waals surface area contributed by atoms with Crippen LogP contribution >= 0.6 is 0 Å². The quantitative estimate of drug-likeness (QED) is 0.872. The highest BCUT2D eigenvalue weighted by atomic mass is 16.5. The summed E-state index contributed by atoms with van der Waals surface area (Å²) in [6.07, 6.45) is 3.07. The molecule has 1 aromatic rings. The lowest BCUT2D eigenvalue weighted by molar-refractivity contribution is -0.117. The van der Waals surface area contributed by atoms with Gasteiger partial charge in [0.15, 0.2) is 0 Å². The van der Waals surface area contributed by atoms with Gasteiger partial charge >= 0.3 is 0 Å². The Morgan fingerprint density at radius 2 is 2.39 bits per heavy atom. The Balaban J connectivity index is 2.02. The number of carbonyl (C=O) groups is 1. The molecule has 0 aliphatic carbocycles. The molecule has 1 aliphatic rings. The molecule has 0 unspecified atom stereocenters. The maximum Gasteiger partial charge on any atom is 0.250 e. The second kappa shape index (κ2) is 5.35. The highest BCUT2D eigenvalue weighted by Crippen LogP contribution is 2.18. The van der Waals surface area contributed by atoms with Crippen molar-refractivity contribution >= 4 is 11.6 Å². The topological polar surface area (TPSA) is 60.3 Å². The minimum absolute atomic E-state index is 0.0211. The standard InChI is InChI=1S/C13H18N2O3/c1-9-5-13(17)15(2)7-11(9)14-12(16)6-10-3-4-18-8-10/h5,7,10H,3-4,6,8H2,1-2H3,(H,14,16)/t10-/m1/s1. The van der Waals surface area contributed by atoms with Crippen molar-refractivity contribution in [1.82, 2.24) is 4.57 Å². The Kier molecular flexibility index (Phi) is 3.81. The second-order valence-corrected chi connectivity index (χ2v) is 4.80. The summed E-state index contributed by atoms with van der Waals surface area (Å²) >= 11 is 0. The lowest BCUT2D eigenvalue weighted by Gasteiger charge is -2.11. The van der Waals surface area contributed by atoms with Crippen molar-refractivity contribution in [3.8, 4) is 0 Å². The number of ether oxygens (including phenoxy) is 1. The van der Waals surface area contributed by atoms with Crippen LogP contribution in [-0.2, 0) is 16.6 Å². The molecule has 5 nitrogen and oxygen atoms in total. The van der Waals surface area contributed by atoms with E-state index in [4.69, 9.17) is 4.74 Å². The number of nitrogens with one attached hydrogen (secondary N) is 1. The van der Waals surface area contributed by atoms with Crippen LogP contribution in [-0.4, -0.2) is 23.7 Å². The zero-order valence-electron chi connectivity index (χ0n) is 10.7. The van der Waals surface area contributed by atoms with E-state index in [0.29, 0.717) is 24.6 Å². The Labute approximate surface area is 106 Å². The molecule has 0 saturated carbocycles. The highest BCUT2D eigenvalue weighted by Gasteiger charge is 2.19. The minimum atomic E-state index is -0.0744. The van der Waals surface area contributed by atoms with Gasteiger partial charge in [0.1, 0.15) is 0 Å². The van der Waals surface area contributed by atoms with Crippen LogP contribution in [0, 0.1) is 12.8 Å². The molecule has 1 saturated heterocycles. The van der Waals surface area contributed by atoms with Gasteiger partial charge in [-0.05, 0) is 24.8 Å². The van der Waals surface area contributed by atoms with Gasteiger partial charge in [-0.25, -0.2) is 0 Å². The van der Waals surface area contributed by atoms with E-state index < -0.39 is 0 Å². The van der Waals surface area contributed by atoms with E-state index in [9.17, 15) is 9.59 Å². The third-order valence-corrected chi connectivity index (χ3v) is 3.21. The molecule has 0 aromatic carbocycles. The summed E-state index contributed by atoms with van der Waals surface area (Å²) in [5.74, 6) is 0.296. The maximum atomic E-state index is 11.9. The monoisotopic (exact) mass is 250 g/mol. The number of hydrogen-bond donors (Lipinski definition) is 1. The molecule has 2 heterocycles. The lowest BCUT2D eigenvalue weighted by Crippen LogP contribution is -2.21. The average molecular weight is 250 g/mol. The van der Waals surface area contributed by atoms with Crippen LogP contribution in [0.2, 0.25) is 0 Å². The number of carbonyl (C=O) groups excluding carboxylic acids is 1. The van der Waals surface area contributed by atoms with Crippen molar-refractivity contribution in [2.24, 2.45) is 13.0 Å². The number of aromatic nitrogens is 1. The van der Waals surface area contributed by atoms with E-state index >= 15 is 0 Å². The average Bonchev–Trinajstić information content (AvgIpc) is 2.78. The van der Waals surface area contributed by atoms with E-state index in [1.165, 1.54) is 10.6 Å². The van der Waals surface area contributed by atoms with Gasteiger partial charge in [-0.2, -0.15) is 0 Å². The van der Waals surface area contributed by atoms with Crippen molar-refractivity contribution in [2.75, 3.05) is 18.5 Å². The van der Waals surface area contributed by atoms with Crippen LogP contribution in [0.3, 0.4) is 0 Å². The fourth-order valence-corrected chi connectivity index (χ4v) is 2.06. The zero-order valence-corrected chi connectivity index (χ0v) is 10.7. The second-order valence-electron chi connectivity index (χ2n) is 4.80. The molecule has 0 bridgehead atoms. The van der Waals surface area contributed by atoms with Crippen molar-refractivity contribution < 1.29 is 9.53 Å². The molecule has 1 N–H and O–H groups in total. The van der Waals surface area contributed by atoms with E-state index in [2.05, 4.69) is 5.32 Å². The molecule has 98 valence electrons. The third-order valence-electron chi connectivity index (χ3n) is 3.21. The van der Waals surface area contributed by atoms with Gasteiger partial charge in [-0.1, -0.05) is 0 Å². The van der Waals surface area contributed by atoms with Crippen LogP contribution < -0.4 is 10.9 Å². The van der Waals surface area contributed by atoms with Crippen LogP contribution in [0.15, 0.2) is 17.1 Å². The van der Waals surface area contributed by atoms with Gasteiger partial charge in [0, 0.05) is 38.9 Å². The summed E-state index contributed by atoms with van der Waals surface area (Å²) in [4.78, 5) is 23.3. The zero-order chi connectivity index (χ0) is 13.1. The predicted molar refractivity (Wildman–Crippen MR) is 68.6 cm³/mol. The Morgan fingerprint density at radius 1 is 1.61 bits per heavy atom. The van der Waals surface area contributed by atoms with Crippen LogP contribution in [0.1, 0.15) is 18.4 Å². The Bertz CT molecular complexity index is 501. The molecule has 1 atom stereocenters. The van der Waals surface area contributed by atoms with Crippen LogP contribution in [0.4, 0.5) is 5.69 Å². The SMILES string of the molecule is Cc1cc(=O)n(C)cc1NC(=O)C[C@H]1CCOC1. The van der Waals surface area contributed by atoms with Gasteiger partial charge in [0.05, 0.1) is 5.69 Å². The smallest absolute Gasteiger partial charge is 0.250 e. The fourth-order valence-electron chi connectivity index (χ4n) is 2.06. The normalized spacial score (nSPS) is 18.9. The van der Waals surface area contributed by atoms with Gasteiger partial charge in [-0.3, -0.25) is 9.59 Å². The number of pyridine rings is 1. The van der Waals surface area contributed by atoms with Gasteiger partial charge in [0.2, 0.25) is 5.91 Å². The summed E-state index contributed by atoms with van der Waals surface area (Å²) in [7, 11) is 1.67. The lowest BCUT2D eigenvalue weighted by atomic mass is 10.0. The summed E-state index contributed by atoms with van der Waals surface area (Å²) in [6, 6.07) is 1.52. The number of amides is 1. The van der Waals surface area contributed by atoms with Crippen LogP contribution in [0.5, 0.6) is 0 Å². The minimum Gasteiger partial charge on any atom is -0.381 e. The first-order valence-electron chi connectivity index (χ1n) is 6.11. The number of rotatable bonds is 3. The summed E-state index contributed by atoms with van der Waals surface area (Å²) in [5.41, 5.74) is 1.41. The largest absolute Gasteiger partial charge is 0.381 e. The van der Waals surface area contributed by atoms with Crippen LogP contribution in [0.25, 0.3) is 0 Å². The molecule has 5 heteroatoms. The molecule has 1 aliphatic heterocycles. The molecule has 1 fully saturated rings. The first-order valence-corrected chi connectivity index (χ1v) is 6.11. The third kappa shape index (κ3) is 2.98. The molecule has 18 heavy (non-hydrogen) atoms. The molecular formula is C13H18N2O3. The summed E-state index contributed by atoms with van der Waals surface area (Å²) < 4.78 is 6.70. The van der Waals surface area contributed by atoms with Crippen molar-refractivity contribution in [1.29, 1.82) is 0 Å². The van der Waals surface area contributed by atoms with E-state index in [-0.39, 0.29) is 11.5 Å². The number of aryl methyl sites for hydroxylation is 2. The van der Waals surface area contributed by atoms with E-state index in [0.717, 1.165) is 18.6 Å². The van der Waals surface area contributed by atoms with E-state index in [1.54, 1.807) is 13.2 Å². The van der Waals surface area contributed by atoms with Crippen molar-refractivity contribution in [2.45, 2.75) is 19.8 Å². The summed E-state index contributed by atoms with van der Waals surface area (Å²) in [6.45, 7) is 3.23. The highest BCUT2D eigenvalue weighted by molar-refractivity contribution is 5.91. The molecule has 0 radical (unpaired) electrons. The molecule has 1 aromatic heterocycles. The number of nitrogens with zero attached hydrogens (tertiary/aromatic N) is 1. The van der Waals surface area contributed by atoms with Gasteiger partial charge in [-0.15, -0.1) is 0 Å². The van der Waals surface area contributed by atoms with Gasteiger partial charge in [0.25, 0.3) is 5.56 Å². The number of hydrogen-bond acceptors (Lipinski definition) is 3. The Morgan fingerprint density at radius 3 is 3.06 bits per heavy atom. The van der Waals surface area contributed by atoms with Crippen molar-refractivity contribution in [3.63, 3.8) is 0 Å². The first-order chi connectivity index (χ1) is 8.56. The molecule has 2 rings (SSSR count). The Hall–Kier alpha value is -1.62. The molecular weight excluding hydrogens is 232 g/mol. The van der Waals surface area contributed by atoms with E-state index in [1.807, 2.05) is 6.92 Å².